The number of nitrogens with one attached hydrogen (secondary N) is 1. The predicted molar refractivity (Wildman–Crippen MR) is 96.6 cm³/mol. The Morgan fingerprint density at radius 1 is 1.28 bits per heavy atom. The maximum Gasteiger partial charge on any atom is 0.220 e. The number of amides is 1. The lowest BCUT2D eigenvalue weighted by molar-refractivity contribution is -0.122. The number of piperidine rings is 1. The normalized spacial score (nSPS) is 17.1. The summed E-state index contributed by atoms with van der Waals surface area (Å²) >= 11 is 0. The first kappa shape index (κ1) is 17.2. The van der Waals surface area contributed by atoms with Gasteiger partial charge in [-0.15, -0.1) is 0 Å². The summed E-state index contributed by atoms with van der Waals surface area (Å²) in [6, 6.07) is 9.83. The quantitative estimate of drug-likeness (QED) is 0.784. The van der Waals surface area contributed by atoms with Crippen LogP contribution >= 0.6 is 0 Å². The molecule has 1 atom stereocenters. The highest BCUT2D eigenvalue weighted by molar-refractivity contribution is 5.76. The Kier molecular flexibility index (Phi) is 6.20. The zero-order valence-corrected chi connectivity index (χ0v) is 14.3. The Bertz CT molecular complexity index is 651. The van der Waals surface area contributed by atoms with E-state index in [1.807, 2.05) is 30.3 Å². The van der Waals surface area contributed by atoms with Crippen LogP contribution in [-0.2, 0) is 4.79 Å². The van der Waals surface area contributed by atoms with E-state index < -0.39 is 0 Å². The number of benzene rings is 1. The number of nitrogens with zero attached hydrogens (tertiary/aromatic N) is 3. The number of carbonyl (C=O) groups is 1. The second kappa shape index (κ2) is 9.01. The second-order valence-electron chi connectivity index (χ2n) is 6.18. The molecule has 1 aromatic heterocycles. The average molecular weight is 340 g/mol. The van der Waals surface area contributed by atoms with E-state index in [-0.39, 0.29) is 11.9 Å². The topological polar surface area (TPSA) is 67.3 Å². The smallest absolute Gasteiger partial charge is 0.220 e. The SMILES string of the molecule is O=C(CCCOc1ccccc1)NC1CCCN(c2cnccn2)C1. The van der Waals surface area contributed by atoms with Crippen LogP contribution < -0.4 is 15.0 Å². The Labute approximate surface area is 148 Å². The van der Waals surface area contributed by atoms with Crippen LogP contribution in [0.15, 0.2) is 48.9 Å². The van der Waals surface area contributed by atoms with E-state index in [2.05, 4.69) is 20.2 Å². The van der Waals surface area contributed by atoms with Crippen molar-refractivity contribution in [2.45, 2.75) is 31.7 Å². The van der Waals surface area contributed by atoms with Crippen LogP contribution in [0, 0.1) is 0 Å². The molecule has 1 aliphatic heterocycles. The molecule has 1 unspecified atom stereocenters. The van der Waals surface area contributed by atoms with E-state index in [0.717, 1.165) is 37.5 Å². The first-order valence-corrected chi connectivity index (χ1v) is 8.79. The van der Waals surface area contributed by atoms with E-state index in [4.69, 9.17) is 4.74 Å². The molecule has 2 heterocycles. The molecule has 6 heteroatoms. The van der Waals surface area contributed by atoms with Gasteiger partial charge in [-0.25, -0.2) is 4.98 Å². The molecule has 1 saturated heterocycles. The average Bonchev–Trinajstić information content (AvgIpc) is 2.67. The highest BCUT2D eigenvalue weighted by atomic mass is 16.5. The van der Waals surface area contributed by atoms with E-state index in [9.17, 15) is 4.79 Å². The molecule has 1 fully saturated rings. The van der Waals surface area contributed by atoms with Gasteiger partial charge in [0.25, 0.3) is 0 Å². The molecule has 6 nitrogen and oxygen atoms in total. The van der Waals surface area contributed by atoms with Crippen molar-refractivity contribution in [1.82, 2.24) is 15.3 Å². The van der Waals surface area contributed by atoms with E-state index in [1.165, 1.54) is 0 Å². The summed E-state index contributed by atoms with van der Waals surface area (Å²) in [4.78, 5) is 22.8. The van der Waals surface area contributed by atoms with Crippen LogP contribution in [0.1, 0.15) is 25.7 Å². The lowest BCUT2D eigenvalue weighted by atomic mass is 10.1. The molecule has 3 rings (SSSR count). The van der Waals surface area contributed by atoms with Gasteiger partial charge in [0, 0.05) is 37.9 Å². The van der Waals surface area contributed by atoms with Gasteiger partial charge in [-0.1, -0.05) is 18.2 Å². The minimum Gasteiger partial charge on any atom is -0.494 e. The first-order chi connectivity index (χ1) is 12.3. The highest BCUT2D eigenvalue weighted by Crippen LogP contribution is 2.16. The number of ether oxygens (including phenoxy) is 1. The number of anilines is 1. The van der Waals surface area contributed by atoms with Gasteiger partial charge < -0.3 is 15.0 Å². The summed E-state index contributed by atoms with van der Waals surface area (Å²) in [6.45, 7) is 2.29. The largest absolute Gasteiger partial charge is 0.494 e. The van der Waals surface area contributed by atoms with Crippen molar-refractivity contribution >= 4 is 11.7 Å². The Morgan fingerprint density at radius 3 is 2.96 bits per heavy atom. The first-order valence-electron chi connectivity index (χ1n) is 8.79. The predicted octanol–water partition coefficient (Wildman–Crippen LogP) is 2.42. The standard InChI is InChI=1S/C19H24N4O2/c24-19(9-5-13-25-17-7-2-1-3-8-17)22-16-6-4-12-23(15-16)18-14-20-10-11-21-18/h1-3,7-8,10-11,14,16H,4-6,9,12-13,15H2,(H,22,24). The lowest BCUT2D eigenvalue weighted by Gasteiger charge is -2.33. The third-order valence-corrected chi connectivity index (χ3v) is 4.22. The monoisotopic (exact) mass is 340 g/mol. The third-order valence-electron chi connectivity index (χ3n) is 4.22. The fourth-order valence-electron chi connectivity index (χ4n) is 3.00. The van der Waals surface area contributed by atoms with Crippen LogP contribution in [0.25, 0.3) is 0 Å². The van der Waals surface area contributed by atoms with Crippen molar-refractivity contribution in [3.05, 3.63) is 48.9 Å². The molecule has 0 saturated carbocycles. The molecule has 0 aliphatic carbocycles. The van der Waals surface area contributed by atoms with Crippen molar-refractivity contribution in [3.8, 4) is 5.75 Å². The molecule has 1 N–H and O–H groups in total. The lowest BCUT2D eigenvalue weighted by Crippen LogP contribution is -2.48. The van der Waals surface area contributed by atoms with Crippen molar-refractivity contribution in [3.63, 3.8) is 0 Å². The second-order valence-corrected chi connectivity index (χ2v) is 6.18. The van der Waals surface area contributed by atoms with Crippen molar-refractivity contribution in [2.24, 2.45) is 0 Å². The number of carbonyl (C=O) groups excluding carboxylic acids is 1. The zero-order valence-electron chi connectivity index (χ0n) is 14.3. The number of rotatable bonds is 7. The molecule has 0 radical (unpaired) electrons. The fourth-order valence-corrected chi connectivity index (χ4v) is 3.00. The van der Waals surface area contributed by atoms with Gasteiger partial charge in [-0.2, -0.15) is 0 Å². The molecule has 1 amide bonds. The van der Waals surface area contributed by atoms with Gasteiger partial charge >= 0.3 is 0 Å². The van der Waals surface area contributed by atoms with Gasteiger partial charge in [-0.05, 0) is 31.4 Å². The fraction of sp³-hybridized carbons (Fsp3) is 0.421. The summed E-state index contributed by atoms with van der Waals surface area (Å²) in [5.41, 5.74) is 0. The summed E-state index contributed by atoms with van der Waals surface area (Å²) in [5, 5.41) is 3.13. The number of para-hydroxylation sites is 1. The third kappa shape index (κ3) is 5.45. The minimum atomic E-state index is 0.0858. The molecule has 2 aromatic rings. The van der Waals surface area contributed by atoms with Crippen molar-refractivity contribution in [1.29, 1.82) is 0 Å². The van der Waals surface area contributed by atoms with Gasteiger partial charge in [0.2, 0.25) is 5.91 Å². The maximum absolute atomic E-state index is 12.2. The summed E-state index contributed by atoms with van der Waals surface area (Å²) in [5.74, 6) is 1.80. The van der Waals surface area contributed by atoms with Gasteiger partial charge in [0.1, 0.15) is 11.6 Å². The number of aromatic nitrogens is 2. The number of hydrogen-bond donors (Lipinski definition) is 1. The molecule has 1 aromatic carbocycles. The molecule has 0 spiro atoms. The van der Waals surface area contributed by atoms with Crippen LogP contribution in [-0.4, -0.2) is 41.6 Å². The molecule has 1 aliphatic rings. The minimum absolute atomic E-state index is 0.0858. The van der Waals surface area contributed by atoms with Gasteiger partial charge in [0.15, 0.2) is 0 Å². The molecule has 0 bridgehead atoms. The molecule has 25 heavy (non-hydrogen) atoms. The van der Waals surface area contributed by atoms with E-state index in [0.29, 0.717) is 19.4 Å². The van der Waals surface area contributed by atoms with Gasteiger partial charge in [-0.3, -0.25) is 9.78 Å². The van der Waals surface area contributed by atoms with Gasteiger partial charge in [0.05, 0.1) is 12.8 Å². The molecular weight excluding hydrogens is 316 g/mol. The zero-order chi connectivity index (χ0) is 17.3. The Hall–Kier alpha value is -2.63. The summed E-state index contributed by atoms with van der Waals surface area (Å²) < 4.78 is 5.62. The van der Waals surface area contributed by atoms with Crippen LogP contribution in [0.2, 0.25) is 0 Å². The van der Waals surface area contributed by atoms with Crippen molar-refractivity contribution < 1.29 is 9.53 Å². The van der Waals surface area contributed by atoms with Crippen LogP contribution in [0.5, 0.6) is 5.75 Å². The van der Waals surface area contributed by atoms with Crippen LogP contribution in [0.3, 0.4) is 0 Å². The Morgan fingerprint density at radius 2 is 2.16 bits per heavy atom. The molecular formula is C19H24N4O2. The summed E-state index contributed by atoms with van der Waals surface area (Å²) in [6.07, 6.45) is 8.37. The maximum atomic E-state index is 12.2. The van der Waals surface area contributed by atoms with Crippen molar-refractivity contribution in [2.75, 3.05) is 24.6 Å². The summed E-state index contributed by atoms with van der Waals surface area (Å²) in [7, 11) is 0. The molecule has 132 valence electrons. The highest BCUT2D eigenvalue weighted by Gasteiger charge is 2.22. The van der Waals surface area contributed by atoms with Crippen LogP contribution in [0.4, 0.5) is 5.82 Å². The number of hydrogen-bond acceptors (Lipinski definition) is 5. The van der Waals surface area contributed by atoms with E-state index in [1.54, 1.807) is 18.6 Å². The van der Waals surface area contributed by atoms with E-state index >= 15 is 0 Å². The Balaban J connectivity index is 1.37.